The lowest BCUT2D eigenvalue weighted by molar-refractivity contribution is -0.274. The molecule has 1 fully saturated rings. The number of ether oxygens (including phenoxy) is 1. The summed E-state index contributed by atoms with van der Waals surface area (Å²) in [6.45, 7) is 1.83. The summed E-state index contributed by atoms with van der Waals surface area (Å²) in [5.74, 6) is 5.87. The van der Waals surface area contributed by atoms with Gasteiger partial charge >= 0.3 is 12.1 Å². The van der Waals surface area contributed by atoms with Gasteiger partial charge in [0, 0.05) is 18.2 Å². The van der Waals surface area contributed by atoms with Gasteiger partial charge in [-0.05, 0) is 64.9 Å². The molecular weight excluding hydrogens is 439 g/mol. The zero-order valence-corrected chi connectivity index (χ0v) is 18.0. The monoisotopic (exact) mass is 461 g/mol. The van der Waals surface area contributed by atoms with Crippen molar-refractivity contribution in [2.75, 3.05) is 0 Å². The van der Waals surface area contributed by atoms with E-state index < -0.39 is 12.1 Å². The van der Waals surface area contributed by atoms with Gasteiger partial charge in [-0.15, -0.1) is 13.2 Å². The molecule has 1 aliphatic rings. The molecular formula is C22H22F3N5O3. The first-order chi connectivity index (χ1) is 15.7. The van der Waals surface area contributed by atoms with Crippen molar-refractivity contribution in [1.29, 1.82) is 0 Å². The number of tetrazole rings is 1. The highest BCUT2D eigenvalue weighted by molar-refractivity contribution is 5.91. The number of nitrogens with zero attached hydrogens (tertiary/aromatic N) is 4. The van der Waals surface area contributed by atoms with Crippen molar-refractivity contribution in [3.63, 3.8) is 0 Å². The van der Waals surface area contributed by atoms with Crippen molar-refractivity contribution in [3.05, 3.63) is 69.6 Å². The van der Waals surface area contributed by atoms with Crippen molar-refractivity contribution >= 4 is 11.3 Å². The Morgan fingerprint density at radius 1 is 1.18 bits per heavy atom. The Labute approximate surface area is 187 Å². The fourth-order valence-corrected chi connectivity index (χ4v) is 3.84. The molecule has 2 N–H and O–H groups in total. The predicted molar refractivity (Wildman–Crippen MR) is 114 cm³/mol. The van der Waals surface area contributed by atoms with E-state index in [9.17, 15) is 18.0 Å². The van der Waals surface area contributed by atoms with Crippen molar-refractivity contribution in [2.45, 2.75) is 38.5 Å². The van der Waals surface area contributed by atoms with E-state index in [0.717, 1.165) is 27.8 Å². The molecule has 0 amide bonds. The van der Waals surface area contributed by atoms with Crippen LogP contribution in [0.3, 0.4) is 0 Å². The van der Waals surface area contributed by atoms with Gasteiger partial charge in [-0.3, -0.25) is 0 Å². The summed E-state index contributed by atoms with van der Waals surface area (Å²) in [7, 11) is 1.48. The average molecular weight is 461 g/mol. The van der Waals surface area contributed by atoms with Gasteiger partial charge in [0.15, 0.2) is 5.76 Å². The Hall–Kier alpha value is -3.60. The maximum Gasteiger partial charge on any atom is 0.573 e. The highest BCUT2D eigenvalue weighted by Gasteiger charge is 2.33. The highest BCUT2D eigenvalue weighted by Crippen LogP contribution is 2.46. The van der Waals surface area contributed by atoms with Crippen LogP contribution in [-0.4, -0.2) is 26.2 Å². The summed E-state index contributed by atoms with van der Waals surface area (Å²) >= 11 is 0. The second-order valence-corrected chi connectivity index (χ2v) is 7.67. The molecule has 1 heterocycles. The van der Waals surface area contributed by atoms with E-state index in [1.165, 1.54) is 25.2 Å². The fourth-order valence-electron chi connectivity index (χ4n) is 3.84. The molecule has 0 spiro atoms. The molecule has 4 rings (SSSR count). The van der Waals surface area contributed by atoms with Crippen LogP contribution in [0, 0.1) is 0 Å². The number of benzene rings is 2. The third-order valence-electron chi connectivity index (χ3n) is 5.43. The summed E-state index contributed by atoms with van der Waals surface area (Å²) in [4.78, 5) is 18.0. The minimum Gasteiger partial charge on any atom is -0.410 e. The zero-order chi connectivity index (χ0) is 23.8. The number of hydrogen-bond acceptors (Lipinski definition) is 6. The van der Waals surface area contributed by atoms with E-state index in [0.29, 0.717) is 28.8 Å². The van der Waals surface area contributed by atoms with Crippen LogP contribution in [0.25, 0.3) is 17.0 Å². The number of allylic oxidation sites excluding steroid dienone is 1. The maximum absolute atomic E-state index is 12.7. The molecule has 11 heteroatoms. The molecule has 1 saturated carbocycles. The molecule has 1 aliphatic carbocycles. The normalized spacial score (nSPS) is 14.7. The van der Waals surface area contributed by atoms with Crippen LogP contribution in [0.1, 0.15) is 48.8 Å². The Bertz CT molecular complexity index is 1260. The second kappa shape index (κ2) is 8.74. The van der Waals surface area contributed by atoms with Crippen molar-refractivity contribution in [3.8, 4) is 11.4 Å². The van der Waals surface area contributed by atoms with Crippen LogP contribution in [0.2, 0.25) is 0 Å². The molecule has 0 bridgehead atoms. The van der Waals surface area contributed by atoms with Gasteiger partial charge in [0.25, 0.3) is 0 Å². The van der Waals surface area contributed by atoms with E-state index in [4.69, 9.17) is 10.7 Å². The highest BCUT2D eigenvalue weighted by atomic mass is 19.4. The Morgan fingerprint density at radius 2 is 1.91 bits per heavy atom. The molecule has 8 nitrogen and oxygen atoms in total. The maximum atomic E-state index is 12.7. The molecule has 3 aromatic rings. The van der Waals surface area contributed by atoms with E-state index >= 15 is 0 Å². The molecule has 2 aromatic carbocycles. The molecule has 0 radical (unpaired) electrons. The first-order valence-electron chi connectivity index (χ1n) is 10.3. The summed E-state index contributed by atoms with van der Waals surface area (Å²) < 4.78 is 44.6. The van der Waals surface area contributed by atoms with E-state index in [1.54, 1.807) is 12.1 Å². The lowest BCUT2D eigenvalue weighted by atomic mass is 9.93. The average Bonchev–Trinajstić information content (AvgIpc) is 3.56. The number of hydrogen-bond donors (Lipinski definition) is 1. The third kappa shape index (κ3) is 4.63. The molecule has 0 unspecified atom stereocenters. The first-order valence-corrected chi connectivity index (χ1v) is 10.3. The lowest BCUT2D eigenvalue weighted by Gasteiger charge is -2.19. The molecule has 0 atom stereocenters. The number of nitrogens with two attached hydrogens (primary N) is 1. The second-order valence-electron chi connectivity index (χ2n) is 7.67. The van der Waals surface area contributed by atoms with Crippen LogP contribution in [-0.2, 0) is 11.9 Å². The topological polar surface area (TPSA) is 97.2 Å². The Balaban J connectivity index is 1.95. The zero-order valence-electron chi connectivity index (χ0n) is 18.0. The number of halogens is 3. The summed E-state index contributed by atoms with van der Waals surface area (Å²) in [5, 5.41) is 7.73. The molecule has 33 heavy (non-hydrogen) atoms. The number of alkyl halides is 3. The predicted octanol–water partition coefficient (Wildman–Crippen LogP) is 3.91. The summed E-state index contributed by atoms with van der Waals surface area (Å²) in [5.41, 5.74) is 2.44. The molecule has 174 valence electrons. The lowest BCUT2D eigenvalue weighted by Crippen LogP contribution is -2.23. The van der Waals surface area contributed by atoms with Gasteiger partial charge in [-0.25, -0.2) is 4.79 Å². The van der Waals surface area contributed by atoms with Gasteiger partial charge in [0.2, 0.25) is 0 Å². The standard InChI is InChI=1S/C22H22F3N5O3/c1-3-16(14-6-4-7-15(12-14)32-22(23,24)25)20(33-26)19-17(13-10-11-13)8-5-9-18(19)30-21(31)29(2)27-28-30/h4-9,12-13H,3,10-11,26H2,1-2H3/b20-16+. The van der Waals surface area contributed by atoms with E-state index in [2.05, 4.69) is 15.2 Å². The van der Waals surface area contributed by atoms with Gasteiger partial charge in [-0.1, -0.05) is 31.2 Å². The molecule has 0 saturated heterocycles. The summed E-state index contributed by atoms with van der Waals surface area (Å²) in [6, 6.07) is 11.0. The Kier molecular flexibility index (Phi) is 5.98. The molecule has 1 aromatic heterocycles. The number of rotatable bonds is 7. The van der Waals surface area contributed by atoms with Crippen LogP contribution >= 0.6 is 0 Å². The number of aromatic nitrogens is 4. The van der Waals surface area contributed by atoms with Gasteiger partial charge in [0.05, 0.1) is 5.69 Å². The van der Waals surface area contributed by atoms with Crippen LogP contribution < -0.4 is 16.3 Å². The van der Waals surface area contributed by atoms with Gasteiger partial charge < -0.3 is 9.57 Å². The largest absolute Gasteiger partial charge is 0.573 e. The first kappa shape index (κ1) is 22.6. The Morgan fingerprint density at radius 3 is 2.48 bits per heavy atom. The van der Waals surface area contributed by atoms with Gasteiger partial charge in [0.1, 0.15) is 5.75 Å². The van der Waals surface area contributed by atoms with Crippen LogP contribution in [0.4, 0.5) is 13.2 Å². The third-order valence-corrected chi connectivity index (χ3v) is 5.43. The smallest absolute Gasteiger partial charge is 0.410 e. The van der Waals surface area contributed by atoms with Crippen molar-refractivity contribution in [2.24, 2.45) is 12.9 Å². The van der Waals surface area contributed by atoms with E-state index in [-0.39, 0.29) is 17.4 Å². The van der Waals surface area contributed by atoms with Crippen LogP contribution in [0.5, 0.6) is 5.75 Å². The SMILES string of the molecule is CC/C(=C(\ON)c1c(C2CC2)cccc1-n1nnn(C)c1=O)c1cccc(OC(F)(F)F)c1. The quantitative estimate of drug-likeness (QED) is 0.326. The van der Waals surface area contributed by atoms with E-state index in [1.807, 2.05) is 19.1 Å². The fraction of sp³-hybridized carbons (Fsp3) is 0.318. The minimum absolute atomic E-state index is 0.246. The van der Waals surface area contributed by atoms with Crippen molar-refractivity contribution in [1.82, 2.24) is 19.8 Å². The number of aryl methyl sites for hydroxylation is 1. The minimum atomic E-state index is -4.82. The van der Waals surface area contributed by atoms with Gasteiger partial charge in [-0.2, -0.15) is 15.3 Å². The van der Waals surface area contributed by atoms with Crippen LogP contribution in [0.15, 0.2) is 47.3 Å². The summed E-state index contributed by atoms with van der Waals surface area (Å²) in [6.07, 6.45) is -2.52. The molecule has 0 aliphatic heterocycles. The van der Waals surface area contributed by atoms with Crippen molar-refractivity contribution < 1.29 is 22.7 Å².